The van der Waals surface area contributed by atoms with E-state index in [0.717, 1.165) is 24.0 Å². The van der Waals surface area contributed by atoms with E-state index in [9.17, 15) is 9.59 Å². The van der Waals surface area contributed by atoms with Crippen molar-refractivity contribution in [3.8, 4) is 5.75 Å². The quantitative estimate of drug-likeness (QED) is 0.638. The largest absolute Gasteiger partial charge is 0.481 e. The Morgan fingerprint density at radius 3 is 2.48 bits per heavy atom. The van der Waals surface area contributed by atoms with Gasteiger partial charge in [-0.25, -0.2) is 4.79 Å². The zero-order chi connectivity index (χ0) is 20.4. The van der Waals surface area contributed by atoms with Crippen LogP contribution in [-0.4, -0.2) is 43.1 Å². The number of amides is 1. The molecule has 1 aromatic heterocycles. The smallest absolute Gasteiger partial charge is 0.336 e. The number of hydrogen-bond acceptors (Lipinski definition) is 5. The third kappa shape index (κ3) is 4.11. The molecule has 1 aliphatic heterocycles. The molecule has 0 saturated carbocycles. The summed E-state index contributed by atoms with van der Waals surface area (Å²) in [6.45, 7) is 6.52. The first-order valence-electron chi connectivity index (χ1n) is 9.81. The maximum atomic E-state index is 12.8. The van der Waals surface area contributed by atoms with Gasteiger partial charge in [0.2, 0.25) is 0 Å². The monoisotopic (exact) mass is 392 g/mol. The molecule has 2 aromatic carbocycles. The maximum absolute atomic E-state index is 12.8. The summed E-state index contributed by atoms with van der Waals surface area (Å²) in [5.41, 5.74) is 2.09. The molecule has 4 rings (SSSR count). The van der Waals surface area contributed by atoms with Crippen molar-refractivity contribution in [3.63, 3.8) is 0 Å². The summed E-state index contributed by atoms with van der Waals surface area (Å²) in [7, 11) is 0. The van der Waals surface area contributed by atoms with Crippen LogP contribution in [0.25, 0.3) is 11.0 Å². The molecule has 0 aliphatic carbocycles. The highest BCUT2D eigenvalue weighted by Gasteiger charge is 2.26. The van der Waals surface area contributed by atoms with Crippen molar-refractivity contribution in [3.05, 3.63) is 70.6 Å². The van der Waals surface area contributed by atoms with Crippen LogP contribution in [0, 0.1) is 6.92 Å². The number of fused-ring (bicyclic) bond motifs is 1. The molecule has 1 aliphatic rings. The Balaban J connectivity index is 1.40. The summed E-state index contributed by atoms with van der Waals surface area (Å²) >= 11 is 0. The number of benzene rings is 2. The van der Waals surface area contributed by atoms with Gasteiger partial charge in [0.1, 0.15) is 11.3 Å². The van der Waals surface area contributed by atoms with Crippen molar-refractivity contribution in [2.75, 3.05) is 31.1 Å². The average Bonchev–Trinajstić information content (AvgIpc) is 2.73. The average molecular weight is 392 g/mol. The lowest BCUT2D eigenvalue weighted by molar-refractivity contribution is -0.138. The van der Waals surface area contributed by atoms with Gasteiger partial charge in [0.15, 0.2) is 6.10 Å². The molecule has 150 valence electrons. The number of ether oxygens (including phenoxy) is 1. The fourth-order valence-corrected chi connectivity index (χ4v) is 3.71. The Bertz CT molecular complexity index is 1070. The Morgan fingerprint density at radius 1 is 1.03 bits per heavy atom. The summed E-state index contributed by atoms with van der Waals surface area (Å²) < 4.78 is 11.1. The van der Waals surface area contributed by atoms with Gasteiger partial charge < -0.3 is 19.0 Å². The number of piperazine rings is 1. The summed E-state index contributed by atoms with van der Waals surface area (Å²) in [6.07, 6.45) is -0.618. The van der Waals surface area contributed by atoms with E-state index in [1.54, 1.807) is 19.1 Å². The highest BCUT2D eigenvalue weighted by atomic mass is 16.5. The number of anilines is 1. The lowest BCUT2D eigenvalue weighted by atomic mass is 10.1. The van der Waals surface area contributed by atoms with Crippen LogP contribution in [0.3, 0.4) is 0 Å². The van der Waals surface area contributed by atoms with Gasteiger partial charge in [-0.15, -0.1) is 0 Å². The number of carbonyl (C=O) groups is 1. The van der Waals surface area contributed by atoms with Crippen LogP contribution >= 0.6 is 0 Å². The van der Waals surface area contributed by atoms with Gasteiger partial charge >= 0.3 is 5.63 Å². The molecule has 2 heterocycles. The summed E-state index contributed by atoms with van der Waals surface area (Å²) in [5, 5.41) is 0.855. The Labute approximate surface area is 169 Å². The summed E-state index contributed by atoms with van der Waals surface area (Å²) in [6, 6.07) is 17.0. The zero-order valence-corrected chi connectivity index (χ0v) is 16.6. The molecule has 1 saturated heterocycles. The van der Waals surface area contributed by atoms with Crippen LogP contribution in [0.5, 0.6) is 5.75 Å². The van der Waals surface area contributed by atoms with Crippen molar-refractivity contribution in [1.82, 2.24) is 4.90 Å². The third-order valence-electron chi connectivity index (χ3n) is 5.30. The molecular weight excluding hydrogens is 368 g/mol. The number of aryl methyl sites for hydroxylation is 1. The lowest BCUT2D eigenvalue weighted by Crippen LogP contribution is -2.52. The van der Waals surface area contributed by atoms with E-state index >= 15 is 0 Å². The second-order valence-corrected chi connectivity index (χ2v) is 7.31. The highest BCUT2D eigenvalue weighted by molar-refractivity contribution is 5.83. The molecule has 1 amide bonds. The van der Waals surface area contributed by atoms with Gasteiger partial charge in [-0.2, -0.15) is 0 Å². The Kier molecular flexibility index (Phi) is 5.25. The fraction of sp³-hybridized carbons (Fsp3) is 0.304. The van der Waals surface area contributed by atoms with E-state index in [4.69, 9.17) is 9.15 Å². The normalized spacial score (nSPS) is 15.4. The number of carbonyl (C=O) groups excluding carboxylic acids is 1. The van der Waals surface area contributed by atoms with Crippen LogP contribution in [0.1, 0.15) is 12.5 Å². The Morgan fingerprint density at radius 2 is 1.76 bits per heavy atom. The van der Waals surface area contributed by atoms with Gasteiger partial charge in [0.25, 0.3) is 5.91 Å². The molecule has 0 N–H and O–H groups in total. The molecule has 29 heavy (non-hydrogen) atoms. The minimum atomic E-state index is -0.618. The van der Waals surface area contributed by atoms with Gasteiger partial charge in [-0.3, -0.25) is 4.79 Å². The van der Waals surface area contributed by atoms with Crippen molar-refractivity contribution >= 4 is 22.6 Å². The van der Waals surface area contributed by atoms with Crippen LogP contribution in [0.4, 0.5) is 5.69 Å². The molecule has 1 unspecified atom stereocenters. The van der Waals surface area contributed by atoms with E-state index in [1.165, 1.54) is 11.8 Å². The zero-order valence-electron chi connectivity index (χ0n) is 16.6. The number of nitrogens with zero attached hydrogens (tertiary/aromatic N) is 2. The SMILES string of the molecule is Cc1cc(=O)oc2cc(OC(C)C(=O)N3CCN(c4ccccc4)CC3)ccc12. The number of para-hydroxylation sites is 1. The first kappa shape index (κ1) is 19.1. The van der Waals surface area contributed by atoms with Crippen LogP contribution in [0.2, 0.25) is 0 Å². The molecule has 6 heteroatoms. The predicted molar refractivity (Wildman–Crippen MR) is 113 cm³/mol. The lowest BCUT2D eigenvalue weighted by Gasteiger charge is -2.37. The fourth-order valence-electron chi connectivity index (χ4n) is 3.71. The number of hydrogen-bond donors (Lipinski definition) is 0. The molecule has 0 spiro atoms. The molecular formula is C23H24N2O4. The minimum Gasteiger partial charge on any atom is -0.481 e. The van der Waals surface area contributed by atoms with Crippen molar-refractivity contribution in [1.29, 1.82) is 0 Å². The summed E-state index contributed by atoms with van der Waals surface area (Å²) in [5.74, 6) is 0.471. The van der Waals surface area contributed by atoms with Gasteiger partial charge in [0.05, 0.1) is 0 Å². The van der Waals surface area contributed by atoms with Crippen LogP contribution < -0.4 is 15.3 Å². The number of rotatable bonds is 4. The van der Waals surface area contributed by atoms with E-state index in [1.807, 2.05) is 36.1 Å². The van der Waals surface area contributed by atoms with E-state index in [-0.39, 0.29) is 5.91 Å². The predicted octanol–water partition coefficient (Wildman–Crippen LogP) is 3.22. The molecule has 0 bridgehead atoms. The molecule has 1 fully saturated rings. The maximum Gasteiger partial charge on any atom is 0.336 e. The minimum absolute atomic E-state index is 0.0384. The van der Waals surface area contributed by atoms with E-state index in [2.05, 4.69) is 17.0 Å². The third-order valence-corrected chi connectivity index (χ3v) is 5.30. The topological polar surface area (TPSA) is 63.0 Å². The Hall–Kier alpha value is -3.28. The van der Waals surface area contributed by atoms with Gasteiger partial charge in [-0.05, 0) is 43.7 Å². The highest BCUT2D eigenvalue weighted by Crippen LogP contribution is 2.23. The first-order chi connectivity index (χ1) is 14.0. The first-order valence-corrected chi connectivity index (χ1v) is 9.81. The van der Waals surface area contributed by atoms with Crippen molar-refractivity contribution in [2.45, 2.75) is 20.0 Å². The van der Waals surface area contributed by atoms with Crippen LogP contribution in [-0.2, 0) is 4.79 Å². The van der Waals surface area contributed by atoms with Gasteiger partial charge in [0, 0.05) is 49.4 Å². The standard InChI is InChI=1S/C23H24N2O4/c1-16-14-22(26)29-21-15-19(8-9-20(16)21)28-17(2)23(27)25-12-10-24(11-13-25)18-6-4-3-5-7-18/h3-9,14-15,17H,10-13H2,1-2H3. The van der Waals surface area contributed by atoms with E-state index < -0.39 is 11.7 Å². The van der Waals surface area contributed by atoms with Gasteiger partial charge in [-0.1, -0.05) is 18.2 Å². The van der Waals surface area contributed by atoms with Crippen molar-refractivity contribution < 1.29 is 13.9 Å². The molecule has 1 atom stereocenters. The molecule has 3 aromatic rings. The second-order valence-electron chi connectivity index (χ2n) is 7.31. The van der Waals surface area contributed by atoms with Crippen LogP contribution in [0.15, 0.2) is 63.8 Å². The van der Waals surface area contributed by atoms with Crippen molar-refractivity contribution in [2.24, 2.45) is 0 Å². The molecule has 6 nitrogen and oxygen atoms in total. The second kappa shape index (κ2) is 7.99. The molecule has 0 radical (unpaired) electrons. The summed E-state index contributed by atoms with van der Waals surface area (Å²) in [4.78, 5) is 28.6. The van der Waals surface area contributed by atoms with E-state index in [0.29, 0.717) is 24.4 Å².